The molecule has 4 rings (SSSR count). The van der Waals surface area contributed by atoms with Crippen molar-refractivity contribution in [2.45, 2.75) is 25.8 Å². The topological polar surface area (TPSA) is 69.6 Å². The Morgan fingerprint density at radius 1 is 1.15 bits per heavy atom. The van der Waals surface area contributed by atoms with Gasteiger partial charge in [0, 0.05) is 18.8 Å². The highest BCUT2D eigenvalue weighted by Crippen LogP contribution is 2.43. The lowest BCUT2D eigenvalue weighted by Gasteiger charge is -2.23. The van der Waals surface area contributed by atoms with Crippen LogP contribution in [0.4, 0.5) is 0 Å². The van der Waals surface area contributed by atoms with Crippen LogP contribution < -0.4 is 14.8 Å². The van der Waals surface area contributed by atoms with E-state index < -0.39 is 0 Å². The van der Waals surface area contributed by atoms with Crippen LogP contribution in [0.2, 0.25) is 0 Å². The van der Waals surface area contributed by atoms with E-state index in [0.29, 0.717) is 30.4 Å². The highest BCUT2D eigenvalue weighted by Gasteiger charge is 2.34. The van der Waals surface area contributed by atoms with Gasteiger partial charge < -0.3 is 19.4 Å². The molecule has 0 spiro atoms. The van der Waals surface area contributed by atoms with E-state index in [1.165, 1.54) is 6.92 Å². The molecular weight excluding hydrogens is 332 g/mol. The highest BCUT2D eigenvalue weighted by molar-refractivity contribution is 5.99. The molecule has 1 saturated carbocycles. The second-order valence-corrected chi connectivity index (χ2v) is 6.97. The largest absolute Gasteiger partial charge is 0.486 e. The third-order valence-electron chi connectivity index (χ3n) is 4.95. The minimum absolute atomic E-state index is 0.0507. The van der Waals surface area contributed by atoms with Gasteiger partial charge in [0.05, 0.1) is 6.04 Å². The van der Waals surface area contributed by atoms with Gasteiger partial charge in [0.15, 0.2) is 17.3 Å². The number of aromatic nitrogens is 1. The highest BCUT2D eigenvalue weighted by atomic mass is 16.6. The van der Waals surface area contributed by atoms with Gasteiger partial charge in [0.1, 0.15) is 18.9 Å². The minimum atomic E-state index is -0.174. The number of aryl methyl sites for hydroxylation is 1. The molecule has 6 nitrogen and oxygen atoms in total. The second kappa shape index (κ2) is 6.52. The van der Waals surface area contributed by atoms with Crippen LogP contribution in [0.15, 0.2) is 30.5 Å². The first-order valence-corrected chi connectivity index (χ1v) is 8.90. The molecule has 2 aliphatic rings. The van der Waals surface area contributed by atoms with Gasteiger partial charge in [-0.1, -0.05) is 6.07 Å². The van der Waals surface area contributed by atoms with E-state index in [-0.39, 0.29) is 17.7 Å². The molecule has 0 saturated heterocycles. The quantitative estimate of drug-likeness (QED) is 0.838. The second-order valence-electron chi connectivity index (χ2n) is 6.97. The first-order valence-electron chi connectivity index (χ1n) is 8.90. The molecule has 1 aromatic heterocycles. The smallest absolute Gasteiger partial charge is 0.268 e. The zero-order valence-corrected chi connectivity index (χ0v) is 15.0. The average molecular weight is 354 g/mol. The Morgan fingerprint density at radius 3 is 2.54 bits per heavy atom. The van der Waals surface area contributed by atoms with Gasteiger partial charge in [-0.05, 0) is 49.4 Å². The summed E-state index contributed by atoms with van der Waals surface area (Å²) in [4.78, 5) is 24.4. The third kappa shape index (κ3) is 3.19. The fourth-order valence-corrected chi connectivity index (χ4v) is 3.35. The van der Waals surface area contributed by atoms with Crippen LogP contribution in [-0.4, -0.2) is 29.5 Å². The number of nitrogens with zero attached hydrogens (tertiary/aromatic N) is 1. The number of hydrogen-bond donors (Lipinski definition) is 1. The Balaban J connectivity index is 1.58. The van der Waals surface area contributed by atoms with Crippen LogP contribution in [0.1, 0.15) is 52.2 Å². The summed E-state index contributed by atoms with van der Waals surface area (Å²) in [6.07, 6.45) is 3.86. The monoisotopic (exact) mass is 354 g/mol. The fraction of sp³-hybridized carbons (Fsp3) is 0.400. The Bertz CT molecular complexity index is 867. The summed E-state index contributed by atoms with van der Waals surface area (Å²) in [6.45, 7) is 2.59. The molecule has 2 heterocycles. The molecule has 1 aliphatic carbocycles. The summed E-state index contributed by atoms with van der Waals surface area (Å²) in [5.41, 5.74) is 2.05. The van der Waals surface area contributed by atoms with Crippen molar-refractivity contribution in [3.05, 3.63) is 47.3 Å². The maximum Gasteiger partial charge on any atom is 0.268 e. The molecule has 1 N–H and O–H groups in total. The molecular formula is C20H22N2O4. The van der Waals surface area contributed by atoms with Crippen molar-refractivity contribution in [1.82, 2.24) is 9.88 Å². The zero-order chi connectivity index (χ0) is 18.3. The number of carbonyl (C=O) groups is 2. The average Bonchev–Trinajstić information content (AvgIpc) is 3.40. The van der Waals surface area contributed by atoms with Crippen molar-refractivity contribution in [3.8, 4) is 11.5 Å². The molecule has 26 heavy (non-hydrogen) atoms. The van der Waals surface area contributed by atoms with Crippen molar-refractivity contribution >= 4 is 11.7 Å². The molecule has 1 fully saturated rings. The van der Waals surface area contributed by atoms with E-state index in [1.807, 2.05) is 18.2 Å². The number of ketones is 1. The summed E-state index contributed by atoms with van der Waals surface area (Å²) in [6, 6.07) is 7.42. The van der Waals surface area contributed by atoms with E-state index in [2.05, 4.69) is 5.32 Å². The number of fused-ring (bicyclic) bond motifs is 1. The first kappa shape index (κ1) is 16.7. The van der Waals surface area contributed by atoms with Crippen LogP contribution >= 0.6 is 0 Å². The summed E-state index contributed by atoms with van der Waals surface area (Å²) in [5, 5.41) is 3.14. The summed E-state index contributed by atoms with van der Waals surface area (Å²) < 4.78 is 12.9. The standard InChI is InChI=1S/C20H22N2O4/c1-12(23)15-9-16(22(2)11-15)20(24)21-19(13-3-4-13)14-5-6-17-18(10-14)26-8-7-25-17/h5-6,9-11,13,19H,3-4,7-8H2,1-2H3,(H,21,24). The van der Waals surface area contributed by atoms with Gasteiger partial charge in [-0.15, -0.1) is 0 Å². The lowest BCUT2D eigenvalue weighted by Crippen LogP contribution is -2.31. The number of amides is 1. The van der Waals surface area contributed by atoms with Gasteiger partial charge >= 0.3 is 0 Å². The van der Waals surface area contributed by atoms with Crippen molar-refractivity contribution in [3.63, 3.8) is 0 Å². The van der Waals surface area contributed by atoms with Crippen LogP contribution in [0, 0.1) is 5.92 Å². The number of Topliss-reactive ketones (excluding diaryl/α,β-unsaturated/α-hetero) is 1. The number of hydrogen-bond acceptors (Lipinski definition) is 4. The van der Waals surface area contributed by atoms with Crippen LogP contribution in [0.5, 0.6) is 11.5 Å². The molecule has 0 radical (unpaired) electrons. The molecule has 2 aromatic rings. The van der Waals surface area contributed by atoms with E-state index >= 15 is 0 Å². The SMILES string of the molecule is CC(=O)c1cc(C(=O)NC(c2ccc3c(c2)OCCO3)C2CC2)n(C)c1. The predicted octanol–water partition coefficient (Wildman–Crippen LogP) is 2.88. The number of nitrogens with one attached hydrogen (secondary N) is 1. The minimum Gasteiger partial charge on any atom is -0.486 e. The van der Waals surface area contributed by atoms with E-state index in [4.69, 9.17) is 9.47 Å². The molecule has 0 bridgehead atoms. The fourth-order valence-electron chi connectivity index (χ4n) is 3.35. The number of carbonyl (C=O) groups excluding carboxylic acids is 2. The van der Waals surface area contributed by atoms with E-state index in [9.17, 15) is 9.59 Å². The normalized spacial score (nSPS) is 16.8. The lowest BCUT2D eigenvalue weighted by atomic mass is 10.0. The number of ether oxygens (including phenoxy) is 2. The number of benzene rings is 1. The maximum absolute atomic E-state index is 12.8. The van der Waals surface area contributed by atoms with Crippen LogP contribution in [-0.2, 0) is 7.05 Å². The number of rotatable bonds is 5. The summed E-state index contributed by atoms with van der Waals surface area (Å²) in [5.74, 6) is 1.67. The molecule has 1 atom stereocenters. The molecule has 1 unspecified atom stereocenters. The van der Waals surface area contributed by atoms with Gasteiger partial charge in [0.2, 0.25) is 0 Å². The third-order valence-corrected chi connectivity index (χ3v) is 4.95. The van der Waals surface area contributed by atoms with Crippen LogP contribution in [0.3, 0.4) is 0 Å². The lowest BCUT2D eigenvalue weighted by molar-refractivity contribution is 0.0923. The molecule has 6 heteroatoms. The summed E-state index contributed by atoms with van der Waals surface area (Å²) in [7, 11) is 1.78. The van der Waals surface area contributed by atoms with E-state index in [1.54, 1.807) is 23.9 Å². The Kier molecular flexibility index (Phi) is 4.18. The van der Waals surface area contributed by atoms with Gasteiger partial charge in [-0.2, -0.15) is 0 Å². The van der Waals surface area contributed by atoms with Crippen LogP contribution in [0.25, 0.3) is 0 Å². The predicted molar refractivity (Wildman–Crippen MR) is 95.8 cm³/mol. The molecule has 1 aliphatic heterocycles. The molecule has 136 valence electrons. The Hall–Kier alpha value is -2.76. The first-order chi connectivity index (χ1) is 12.5. The Labute approximate surface area is 152 Å². The van der Waals surface area contributed by atoms with Gasteiger partial charge in [-0.25, -0.2) is 0 Å². The van der Waals surface area contributed by atoms with Gasteiger partial charge in [-0.3, -0.25) is 9.59 Å². The summed E-state index contributed by atoms with van der Waals surface area (Å²) >= 11 is 0. The maximum atomic E-state index is 12.8. The van der Waals surface area contributed by atoms with Crippen molar-refractivity contribution < 1.29 is 19.1 Å². The molecule has 1 amide bonds. The Morgan fingerprint density at radius 2 is 1.88 bits per heavy atom. The van der Waals surface area contributed by atoms with Crippen molar-refractivity contribution in [1.29, 1.82) is 0 Å². The van der Waals surface area contributed by atoms with E-state index in [0.717, 1.165) is 29.9 Å². The van der Waals surface area contributed by atoms with Crippen molar-refractivity contribution in [2.75, 3.05) is 13.2 Å². The zero-order valence-electron chi connectivity index (χ0n) is 15.0. The van der Waals surface area contributed by atoms with Gasteiger partial charge in [0.25, 0.3) is 5.91 Å². The molecule has 1 aromatic carbocycles. The van der Waals surface area contributed by atoms with Crippen molar-refractivity contribution in [2.24, 2.45) is 13.0 Å².